The van der Waals surface area contributed by atoms with Crippen LogP contribution in [-0.2, 0) is 19.1 Å². The number of methoxy groups -OCH3 is 2. The molecule has 2 atom stereocenters. The minimum atomic E-state index is -0.763. The van der Waals surface area contributed by atoms with Gasteiger partial charge in [0.25, 0.3) is 11.8 Å². The standard InChI is InChI=1S/C22H24N4O6/c1-13(21(29)31-3)23-19(27)15-5-9-17(10-6-15)25-26-18-11-7-16(8-12-18)20(28)24-14(2)22(30)32-4/h5-14H,1-4H3,(H,23,27)(H,24,28)/t13-,14+. The maximum Gasteiger partial charge on any atom is 0.328 e. The first kappa shape index (κ1) is 24.2. The van der Waals surface area contributed by atoms with E-state index in [2.05, 4.69) is 30.3 Å². The molecule has 2 amide bonds. The van der Waals surface area contributed by atoms with E-state index in [0.29, 0.717) is 22.5 Å². The summed E-state index contributed by atoms with van der Waals surface area (Å²) in [4.78, 5) is 47.1. The zero-order valence-corrected chi connectivity index (χ0v) is 18.1. The van der Waals surface area contributed by atoms with Gasteiger partial charge >= 0.3 is 11.9 Å². The second-order valence-electron chi connectivity index (χ2n) is 6.73. The van der Waals surface area contributed by atoms with Crippen LogP contribution < -0.4 is 10.6 Å². The summed E-state index contributed by atoms with van der Waals surface area (Å²) in [7, 11) is 2.50. The quantitative estimate of drug-likeness (QED) is 0.478. The van der Waals surface area contributed by atoms with Gasteiger partial charge in [-0.1, -0.05) is 0 Å². The number of azo groups is 1. The molecule has 0 bridgehead atoms. The van der Waals surface area contributed by atoms with Crippen LogP contribution in [0, 0.1) is 0 Å². The number of carbonyl (C=O) groups excluding carboxylic acids is 4. The van der Waals surface area contributed by atoms with E-state index in [9.17, 15) is 19.2 Å². The van der Waals surface area contributed by atoms with Gasteiger partial charge in [-0.15, -0.1) is 0 Å². The van der Waals surface area contributed by atoms with Gasteiger partial charge in [0.1, 0.15) is 12.1 Å². The Morgan fingerprint density at radius 1 is 0.656 bits per heavy atom. The summed E-state index contributed by atoms with van der Waals surface area (Å²) < 4.78 is 9.14. The first-order valence-electron chi connectivity index (χ1n) is 9.64. The van der Waals surface area contributed by atoms with Gasteiger partial charge in [-0.05, 0) is 62.4 Å². The maximum absolute atomic E-state index is 12.1. The normalized spacial score (nSPS) is 12.5. The fourth-order valence-electron chi connectivity index (χ4n) is 2.51. The van der Waals surface area contributed by atoms with Crippen LogP contribution in [0.25, 0.3) is 0 Å². The highest BCUT2D eigenvalue weighted by Crippen LogP contribution is 2.19. The van der Waals surface area contributed by atoms with Gasteiger partial charge in [0.15, 0.2) is 0 Å². The number of hydrogen-bond donors (Lipinski definition) is 2. The molecule has 0 heterocycles. The van der Waals surface area contributed by atoms with Crippen LogP contribution in [0.2, 0.25) is 0 Å². The molecule has 0 unspecified atom stereocenters. The van der Waals surface area contributed by atoms with Crippen molar-refractivity contribution in [3.63, 3.8) is 0 Å². The Hall–Kier alpha value is -4.08. The van der Waals surface area contributed by atoms with E-state index in [-0.39, 0.29) is 0 Å². The van der Waals surface area contributed by atoms with E-state index in [1.807, 2.05) is 0 Å². The third kappa shape index (κ3) is 6.73. The van der Waals surface area contributed by atoms with Crippen LogP contribution in [-0.4, -0.2) is 50.1 Å². The molecule has 0 saturated carbocycles. The Morgan fingerprint density at radius 3 is 1.25 bits per heavy atom. The first-order valence-corrected chi connectivity index (χ1v) is 9.64. The monoisotopic (exact) mass is 440 g/mol. The van der Waals surface area contributed by atoms with E-state index < -0.39 is 35.8 Å². The highest BCUT2D eigenvalue weighted by Gasteiger charge is 2.17. The van der Waals surface area contributed by atoms with Crippen molar-refractivity contribution < 1.29 is 28.7 Å². The molecule has 2 rings (SSSR count). The zero-order valence-electron chi connectivity index (χ0n) is 18.1. The smallest absolute Gasteiger partial charge is 0.328 e. The van der Waals surface area contributed by atoms with Crippen LogP contribution in [0.5, 0.6) is 0 Å². The summed E-state index contributed by atoms with van der Waals surface area (Å²) >= 11 is 0. The zero-order chi connectivity index (χ0) is 23.7. The SMILES string of the molecule is COC(=O)[C@H](C)NC(=O)c1ccc(N=Nc2ccc(C(=O)N[C@H](C)C(=O)OC)cc2)cc1. The Morgan fingerprint density at radius 2 is 0.969 bits per heavy atom. The van der Waals surface area contributed by atoms with Gasteiger partial charge in [0, 0.05) is 11.1 Å². The molecule has 10 heteroatoms. The molecule has 0 radical (unpaired) electrons. The van der Waals surface area contributed by atoms with Crippen molar-refractivity contribution in [1.29, 1.82) is 0 Å². The predicted octanol–water partition coefficient (Wildman–Crippen LogP) is 2.68. The molecule has 2 N–H and O–H groups in total. The first-order chi connectivity index (χ1) is 15.2. The Bertz CT molecular complexity index is 921. The van der Waals surface area contributed by atoms with Crippen molar-refractivity contribution in [3.8, 4) is 0 Å². The van der Waals surface area contributed by atoms with Crippen LogP contribution >= 0.6 is 0 Å². The summed E-state index contributed by atoms with van der Waals surface area (Å²) in [6.07, 6.45) is 0. The van der Waals surface area contributed by atoms with Crippen LogP contribution in [0.1, 0.15) is 34.6 Å². The Labute approximate surface area is 185 Å². The second kappa shape index (κ2) is 11.3. The van der Waals surface area contributed by atoms with Crippen molar-refractivity contribution in [2.75, 3.05) is 14.2 Å². The average Bonchev–Trinajstić information content (AvgIpc) is 2.81. The van der Waals surface area contributed by atoms with Crippen LogP contribution in [0.15, 0.2) is 58.8 Å². The molecular formula is C22H24N4O6. The largest absolute Gasteiger partial charge is 0.467 e. The highest BCUT2D eigenvalue weighted by molar-refractivity contribution is 5.97. The lowest BCUT2D eigenvalue weighted by Crippen LogP contribution is -2.39. The molecule has 0 aliphatic rings. The lowest BCUT2D eigenvalue weighted by molar-refractivity contribution is -0.143. The molecule has 0 spiro atoms. The summed E-state index contributed by atoms with van der Waals surface area (Å²) in [6.45, 7) is 3.06. The van der Waals surface area contributed by atoms with Gasteiger partial charge < -0.3 is 20.1 Å². The van der Waals surface area contributed by atoms with E-state index >= 15 is 0 Å². The third-order valence-corrected chi connectivity index (χ3v) is 4.34. The average molecular weight is 440 g/mol. The van der Waals surface area contributed by atoms with Crippen molar-refractivity contribution in [2.45, 2.75) is 25.9 Å². The molecule has 0 aromatic heterocycles. The van der Waals surface area contributed by atoms with Gasteiger partial charge in [0.05, 0.1) is 25.6 Å². The number of amides is 2. The molecular weight excluding hydrogens is 416 g/mol. The molecule has 2 aromatic rings. The van der Waals surface area contributed by atoms with Gasteiger partial charge in [-0.3, -0.25) is 9.59 Å². The number of ether oxygens (including phenoxy) is 2. The van der Waals surface area contributed by atoms with Gasteiger partial charge in [0.2, 0.25) is 0 Å². The molecule has 0 aliphatic carbocycles. The van der Waals surface area contributed by atoms with Crippen LogP contribution in [0.3, 0.4) is 0 Å². The molecule has 0 aliphatic heterocycles. The number of carbonyl (C=O) groups is 4. The fraction of sp³-hybridized carbons (Fsp3) is 0.273. The molecule has 10 nitrogen and oxygen atoms in total. The van der Waals surface area contributed by atoms with Crippen molar-refractivity contribution in [3.05, 3.63) is 59.7 Å². The number of benzene rings is 2. The van der Waals surface area contributed by atoms with Crippen molar-refractivity contribution >= 4 is 35.1 Å². The number of nitrogens with one attached hydrogen (secondary N) is 2. The summed E-state index contributed by atoms with van der Waals surface area (Å²) in [6, 6.07) is 11.1. The lowest BCUT2D eigenvalue weighted by atomic mass is 10.2. The molecule has 168 valence electrons. The van der Waals surface area contributed by atoms with E-state index in [1.165, 1.54) is 28.1 Å². The Kier molecular flexibility index (Phi) is 8.58. The third-order valence-electron chi connectivity index (χ3n) is 4.34. The minimum absolute atomic E-state index is 0.358. The van der Waals surface area contributed by atoms with Gasteiger partial charge in [-0.25, -0.2) is 9.59 Å². The number of nitrogens with zero attached hydrogens (tertiary/aromatic N) is 2. The minimum Gasteiger partial charge on any atom is -0.467 e. The molecule has 0 fully saturated rings. The second-order valence-corrected chi connectivity index (χ2v) is 6.73. The topological polar surface area (TPSA) is 136 Å². The predicted molar refractivity (Wildman–Crippen MR) is 115 cm³/mol. The fourth-order valence-corrected chi connectivity index (χ4v) is 2.51. The molecule has 2 aromatic carbocycles. The number of hydrogen-bond acceptors (Lipinski definition) is 8. The van der Waals surface area contributed by atoms with Crippen LogP contribution in [0.4, 0.5) is 11.4 Å². The summed E-state index contributed by atoms with van der Waals surface area (Å²) in [5.74, 6) is -1.90. The van der Waals surface area contributed by atoms with E-state index in [0.717, 1.165) is 0 Å². The maximum atomic E-state index is 12.1. The van der Waals surface area contributed by atoms with Crippen molar-refractivity contribution in [1.82, 2.24) is 10.6 Å². The number of rotatable bonds is 8. The van der Waals surface area contributed by atoms with E-state index in [1.54, 1.807) is 48.5 Å². The molecule has 0 saturated heterocycles. The Balaban J connectivity index is 1.97. The highest BCUT2D eigenvalue weighted by atomic mass is 16.5. The van der Waals surface area contributed by atoms with E-state index in [4.69, 9.17) is 0 Å². The summed E-state index contributed by atoms with van der Waals surface area (Å²) in [5.41, 5.74) is 1.74. The van der Waals surface area contributed by atoms with Crippen molar-refractivity contribution in [2.24, 2.45) is 10.2 Å². The number of esters is 2. The lowest BCUT2D eigenvalue weighted by Gasteiger charge is -2.11. The molecule has 32 heavy (non-hydrogen) atoms. The van der Waals surface area contributed by atoms with Gasteiger partial charge in [-0.2, -0.15) is 10.2 Å². The summed E-state index contributed by atoms with van der Waals surface area (Å²) in [5, 5.41) is 13.3.